The molecule has 1 heterocycles. The van der Waals surface area contributed by atoms with Crippen molar-refractivity contribution in [3.8, 4) is 11.3 Å². The number of aromatic amines is 1. The van der Waals surface area contributed by atoms with Crippen LogP contribution < -0.4 is 5.73 Å². The van der Waals surface area contributed by atoms with Gasteiger partial charge in [0.25, 0.3) is 0 Å². The van der Waals surface area contributed by atoms with Gasteiger partial charge in [-0.1, -0.05) is 15.9 Å². The molecule has 0 radical (unpaired) electrons. The van der Waals surface area contributed by atoms with Crippen molar-refractivity contribution in [3.63, 3.8) is 0 Å². The Labute approximate surface area is 101 Å². The highest BCUT2D eigenvalue weighted by atomic mass is 79.9. The minimum absolute atomic E-state index is 0.283. The molecule has 0 saturated carbocycles. The number of hydrogen-bond acceptors (Lipinski definition) is 2. The van der Waals surface area contributed by atoms with Crippen LogP contribution in [-0.2, 0) is 6.42 Å². The lowest BCUT2D eigenvalue weighted by Crippen LogP contribution is -2.02. The predicted octanol–water partition coefficient (Wildman–Crippen LogP) is 2.48. The minimum Gasteiger partial charge on any atom is -0.330 e. The number of nitrogens with zero attached hydrogens (tertiary/aromatic N) is 1. The standard InChI is InChI=1S/C11H11BrFN3/c12-7-1-2-10(13)9(5-7)11-6-8(3-4-14)15-16-11/h1-2,5-6H,3-4,14H2,(H,15,16). The Balaban J connectivity index is 2.38. The molecule has 0 spiro atoms. The van der Waals surface area contributed by atoms with Crippen molar-refractivity contribution in [1.29, 1.82) is 0 Å². The molecule has 16 heavy (non-hydrogen) atoms. The van der Waals surface area contributed by atoms with Crippen molar-refractivity contribution >= 4 is 15.9 Å². The van der Waals surface area contributed by atoms with Gasteiger partial charge >= 0.3 is 0 Å². The molecule has 3 N–H and O–H groups in total. The lowest BCUT2D eigenvalue weighted by Gasteiger charge is -1.99. The fourth-order valence-electron chi connectivity index (χ4n) is 1.48. The topological polar surface area (TPSA) is 54.7 Å². The first-order valence-electron chi connectivity index (χ1n) is 4.90. The van der Waals surface area contributed by atoms with Crippen LogP contribution >= 0.6 is 15.9 Å². The van der Waals surface area contributed by atoms with Crippen molar-refractivity contribution in [3.05, 3.63) is 40.2 Å². The number of benzene rings is 1. The number of rotatable bonds is 3. The van der Waals surface area contributed by atoms with E-state index in [-0.39, 0.29) is 5.82 Å². The van der Waals surface area contributed by atoms with Crippen molar-refractivity contribution in [2.75, 3.05) is 6.54 Å². The Kier molecular flexibility index (Phi) is 3.36. The molecule has 0 amide bonds. The summed E-state index contributed by atoms with van der Waals surface area (Å²) in [7, 11) is 0. The van der Waals surface area contributed by atoms with Crippen LogP contribution in [0.4, 0.5) is 4.39 Å². The maximum Gasteiger partial charge on any atom is 0.132 e. The zero-order valence-electron chi connectivity index (χ0n) is 8.50. The maximum atomic E-state index is 13.6. The monoisotopic (exact) mass is 283 g/mol. The second kappa shape index (κ2) is 4.76. The van der Waals surface area contributed by atoms with Gasteiger partial charge in [0.2, 0.25) is 0 Å². The fraction of sp³-hybridized carbons (Fsp3) is 0.182. The summed E-state index contributed by atoms with van der Waals surface area (Å²) in [6, 6.07) is 6.60. The average Bonchev–Trinajstić information content (AvgIpc) is 2.71. The lowest BCUT2D eigenvalue weighted by atomic mass is 10.1. The van der Waals surface area contributed by atoms with E-state index in [1.54, 1.807) is 12.1 Å². The van der Waals surface area contributed by atoms with E-state index in [0.717, 1.165) is 10.2 Å². The minimum atomic E-state index is -0.283. The summed E-state index contributed by atoms with van der Waals surface area (Å²) in [6.45, 7) is 0.544. The molecule has 3 nitrogen and oxygen atoms in total. The molecule has 0 unspecified atom stereocenters. The van der Waals surface area contributed by atoms with Crippen LogP contribution in [0.15, 0.2) is 28.7 Å². The highest BCUT2D eigenvalue weighted by molar-refractivity contribution is 9.10. The summed E-state index contributed by atoms with van der Waals surface area (Å²) < 4.78 is 14.4. The van der Waals surface area contributed by atoms with Gasteiger partial charge in [0.15, 0.2) is 0 Å². The van der Waals surface area contributed by atoms with Gasteiger partial charge in [0.1, 0.15) is 5.82 Å². The molecule has 2 aromatic rings. The van der Waals surface area contributed by atoms with Gasteiger partial charge < -0.3 is 5.73 Å². The van der Waals surface area contributed by atoms with Gasteiger partial charge in [-0.25, -0.2) is 4.39 Å². The normalized spacial score (nSPS) is 10.7. The third kappa shape index (κ3) is 2.31. The first-order chi connectivity index (χ1) is 7.70. The number of nitrogens with two attached hydrogens (primary N) is 1. The van der Waals surface area contributed by atoms with Gasteiger partial charge in [-0.3, -0.25) is 5.10 Å². The van der Waals surface area contributed by atoms with E-state index in [1.807, 2.05) is 6.07 Å². The summed E-state index contributed by atoms with van der Waals surface area (Å²) in [5.41, 5.74) is 7.43. The molecule has 0 fully saturated rings. The Bertz CT molecular complexity index is 496. The summed E-state index contributed by atoms with van der Waals surface area (Å²) in [5.74, 6) is -0.283. The summed E-state index contributed by atoms with van der Waals surface area (Å²) in [5, 5.41) is 6.91. The molecule has 5 heteroatoms. The first kappa shape index (κ1) is 11.3. The molecule has 0 aliphatic heterocycles. The van der Waals surface area contributed by atoms with Gasteiger partial charge in [-0.15, -0.1) is 0 Å². The molecule has 0 saturated heterocycles. The first-order valence-corrected chi connectivity index (χ1v) is 5.70. The van der Waals surface area contributed by atoms with Crippen LogP contribution in [0.5, 0.6) is 0 Å². The van der Waals surface area contributed by atoms with Crippen molar-refractivity contribution < 1.29 is 4.39 Å². The molecular weight excluding hydrogens is 273 g/mol. The largest absolute Gasteiger partial charge is 0.330 e. The molecule has 1 aromatic carbocycles. The number of H-pyrrole nitrogens is 1. The second-order valence-electron chi connectivity index (χ2n) is 3.44. The van der Waals surface area contributed by atoms with Crippen molar-refractivity contribution in [1.82, 2.24) is 10.2 Å². The van der Waals surface area contributed by atoms with E-state index in [2.05, 4.69) is 26.1 Å². The SMILES string of the molecule is NCCc1cc(-c2cc(Br)ccc2F)n[nH]1. The molecule has 0 bridgehead atoms. The molecule has 0 aliphatic rings. The number of nitrogens with one attached hydrogen (secondary N) is 1. The molecule has 1 aromatic heterocycles. The van der Waals surface area contributed by atoms with Gasteiger partial charge in [0, 0.05) is 22.2 Å². The van der Waals surface area contributed by atoms with E-state index in [4.69, 9.17) is 5.73 Å². The second-order valence-corrected chi connectivity index (χ2v) is 4.36. The molecule has 0 atom stereocenters. The predicted molar refractivity (Wildman–Crippen MR) is 64.4 cm³/mol. The van der Waals surface area contributed by atoms with Crippen molar-refractivity contribution in [2.45, 2.75) is 6.42 Å². The van der Waals surface area contributed by atoms with E-state index in [9.17, 15) is 4.39 Å². The Hall–Kier alpha value is -1.20. The molecule has 84 valence electrons. The van der Waals surface area contributed by atoms with Crippen LogP contribution in [0.2, 0.25) is 0 Å². The third-order valence-corrected chi connectivity index (χ3v) is 2.74. The van der Waals surface area contributed by atoms with E-state index < -0.39 is 0 Å². The number of halogens is 2. The van der Waals surface area contributed by atoms with Gasteiger partial charge in [-0.05, 0) is 30.8 Å². The third-order valence-electron chi connectivity index (χ3n) is 2.25. The van der Waals surface area contributed by atoms with Crippen LogP contribution in [-0.4, -0.2) is 16.7 Å². The average molecular weight is 284 g/mol. The summed E-state index contributed by atoms with van der Waals surface area (Å²) in [4.78, 5) is 0. The van der Waals surface area contributed by atoms with Gasteiger partial charge in [0.05, 0.1) is 5.69 Å². The highest BCUT2D eigenvalue weighted by Gasteiger charge is 2.09. The Morgan fingerprint density at radius 2 is 2.19 bits per heavy atom. The van der Waals surface area contributed by atoms with Crippen molar-refractivity contribution in [2.24, 2.45) is 5.73 Å². The molecule has 0 aliphatic carbocycles. The number of hydrogen-bond donors (Lipinski definition) is 2. The Morgan fingerprint density at radius 1 is 1.38 bits per heavy atom. The van der Waals surface area contributed by atoms with Crippen LogP contribution in [0.3, 0.4) is 0 Å². The van der Waals surface area contributed by atoms with E-state index in [0.29, 0.717) is 24.2 Å². The van der Waals surface area contributed by atoms with Crippen LogP contribution in [0.25, 0.3) is 11.3 Å². The fourth-order valence-corrected chi connectivity index (χ4v) is 1.84. The lowest BCUT2D eigenvalue weighted by molar-refractivity contribution is 0.630. The van der Waals surface area contributed by atoms with E-state index in [1.165, 1.54) is 6.07 Å². The number of aromatic nitrogens is 2. The zero-order valence-corrected chi connectivity index (χ0v) is 10.1. The zero-order chi connectivity index (χ0) is 11.5. The van der Waals surface area contributed by atoms with Crippen LogP contribution in [0.1, 0.15) is 5.69 Å². The Morgan fingerprint density at radius 3 is 2.94 bits per heavy atom. The smallest absolute Gasteiger partial charge is 0.132 e. The quantitative estimate of drug-likeness (QED) is 0.909. The molecule has 2 rings (SSSR count). The van der Waals surface area contributed by atoms with Crippen LogP contribution in [0, 0.1) is 5.82 Å². The summed E-state index contributed by atoms with van der Waals surface area (Å²) in [6.07, 6.45) is 0.711. The summed E-state index contributed by atoms with van der Waals surface area (Å²) >= 11 is 3.31. The maximum absolute atomic E-state index is 13.6. The highest BCUT2D eigenvalue weighted by Crippen LogP contribution is 2.25. The van der Waals surface area contributed by atoms with Gasteiger partial charge in [-0.2, -0.15) is 5.10 Å². The van der Waals surface area contributed by atoms with E-state index >= 15 is 0 Å². The molecular formula is C11H11BrFN3.